The molecule has 2 heterocycles. The molecule has 0 saturated carbocycles. The monoisotopic (exact) mass is 330 g/mol. The van der Waals surface area contributed by atoms with E-state index in [0.717, 1.165) is 24.2 Å². The number of carbonyl (C=O) groups excluding carboxylic acids is 1. The van der Waals surface area contributed by atoms with E-state index in [2.05, 4.69) is 26.0 Å². The van der Waals surface area contributed by atoms with Crippen LogP contribution in [0.3, 0.4) is 0 Å². The van der Waals surface area contributed by atoms with Gasteiger partial charge in [-0.1, -0.05) is 12.1 Å². The average molecular weight is 330 g/mol. The minimum Gasteiger partial charge on any atom is -0.491 e. The Morgan fingerprint density at radius 1 is 1.38 bits per heavy atom. The Balaban J connectivity index is 1.60. The Labute approximate surface area is 140 Å². The highest BCUT2D eigenvalue weighted by atomic mass is 16.5. The van der Waals surface area contributed by atoms with Gasteiger partial charge in [-0.25, -0.2) is 4.79 Å². The summed E-state index contributed by atoms with van der Waals surface area (Å²) in [5.41, 5.74) is 1.55. The van der Waals surface area contributed by atoms with Gasteiger partial charge >= 0.3 is 6.03 Å². The molecule has 2 amide bonds. The number of rotatable bonds is 3. The van der Waals surface area contributed by atoms with E-state index in [1.165, 1.54) is 4.80 Å². The lowest BCUT2D eigenvalue weighted by Gasteiger charge is -2.20. The molecule has 0 radical (unpaired) electrons. The standard InChI is InChI=1S/C16H22N6O2/c1-16(2,3)22-20-13(19-21-22)10-17-15(23)18-12-8-4-6-11-7-5-9-24-14(11)12/h4,6,8H,5,7,9-10H2,1-3H3,(H2,17,18,23). The molecule has 1 aromatic heterocycles. The van der Waals surface area contributed by atoms with Gasteiger partial charge in [-0.15, -0.1) is 10.2 Å². The third-order valence-corrected chi connectivity index (χ3v) is 3.64. The molecule has 0 saturated heterocycles. The second-order valence-electron chi connectivity index (χ2n) is 6.72. The molecule has 0 bridgehead atoms. The number of hydrogen-bond donors (Lipinski definition) is 2. The molecule has 2 aromatic rings. The van der Waals surface area contributed by atoms with Crippen molar-refractivity contribution in [1.82, 2.24) is 25.5 Å². The lowest BCUT2D eigenvalue weighted by atomic mass is 10.1. The largest absolute Gasteiger partial charge is 0.491 e. The first-order chi connectivity index (χ1) is 11.4. The molecule has 3 rings (SSSR count). The van der Waals surface area contributed by atoms with Gasteiger partial charge < -0.3 is 15.4 Å². The fourth-order valence-electron chi connectivity index (χ4n) is 2.41. The normalized spacial score (nSPS) is 13.8. The van der Waals surface area contributed by atoms with E-state index in [9.17, 15) is 4.79 Å². The number of anilines is 1. The Morgan fingerprint density at radius 3 is 2.96 bits per heavy atom. The van der Waals surface area contributed by atoms with Crippen LogP contribution in [-0.2, 0) is 18.5 Å². The van der Waals surface area contributed by atoms with Crippen molar-refractivity contribution < 1.29 is 9.53 Å². The molecule has 8 heteroatoms. The molecule has 1 aliphatic rings. The zero-order valence-corrected chi connectivity index (χ0v) is 14.2. The first kappa shape index (κ1) is 16.2. The van der Waals surface area contributed by atoms with Crippen molar-refractivity contribution in [2.24, 2.45) is 0 Å². The van der Waals surface area contributed by atoms with Gasteiger partial charge in [-0.05, 0) is 50.5 Å². The molecule has 128 valence electrons. The van der Waals surface area contributed by atoms with Crippen LogP contribution in [0.2, 0.25) is 0 Å². The highest BCUT2D eigenvalue weighted by molar-refractivity contribution is 5.91. The third kappa shape index (κ3) is 3.64. The smallest absolute Gasteiger partial charge is 0.319 e. The molecule has 0 spiro atoms. The van der Waals surface area contributed by atoms with Gasteiger partial charge in [-0.3, -0.25) is 0 Å². The maximum absolute atomic E-state index is 12.1. The number of aryl methyl sites for hydroxylation is 1. The molecule has 2 N–H and O–H groups in total. The number of benzene rings is 1. The van der Waals surface area contributed by atoms with E-state index < -0.39 is 0 Å². The van der Waals surface area contributed by atoms with Crippen LogP contribution in [0.5, 0.6) is 5.75 Å². The first-order valence-electron chi connectivity index (χ1n) is 8.02. The summed E-state index contributed by atoms with van der Waals surface area (Å²) >= 11 is 0. The highest BCUT2D eigenvalue weighted by Gasteiger charge is 2.18. The van der Waals surface area contributed by atoms with Crippen molar-refractivity contribution in [2.45, 2.75) is 45.7 Å². The number of fused-ring (bicyclic) bond motifs is 1. The van der Waals surface area contributed by atoms with E-state index in [1.54, 1.807) is 0 Å². The number of aromatic nitrogens is 4. The van der Waals surface area contributed by atoms with Crippen LogP contribution in [0, 0.1) is 0 Å². The average Bonchev–Trinajstić information content (AvgIpc) is 3.03. The van der Waals surface area contributed by atoms with E-state index in [4.69, 9.17) is 4.74 Å². The van der Waals surface area contributed by atoms with Gasteiger partial charge in [0, 0.05) is 0 Å². The summed E-state index contributed by atoms with van der Waals surface area (Å²) in [5, 5.41) is 17.8. The molecule has 0 unspecified atom stereocenters. The molecule has 8 nitrogen and oxygen atoms in total. The summed E-state index contributed by atoms with van der Waals surface area (Å²) < 4.78 is 5.68. The second kappa shape index (κ2) is 6.46. The summed E-state index contributed by atoms with van der Waals surface area (Å²) in [4.78, 5) is 13.6. The third-order valence-electron chi connectivity index (χ3n) is 3.64. The fourth-order valence-corrected chi connectivity index (χ4v) is 2.41. The van der Waals surface area contributed by atoms with Crippen molar-refractivity contribution >= 4 is 11.7 Å². The SMILES string of the molecule is CC(C)(C)n1nnc(CNC(=O)Nc2cccc3c2OCCC3)n1. The van der Waals surface area contributed by atoms with E-state index in [1.807, 2.05) is 39.0 Å². The van der Waals surface area contributed by atoms with Crippen molar-refractivity contribution in [3.05, 3.63) is 29.6 Å². The zero-order valence-electron chi connectivity index (χ0n) is 14.2. The highest BCUT2D eigenvalue weighted by Crippen LogP contribution is 2.32. The van der Waals surface area contributed by atoms with Crippen LogP contribution < -0.4 is 15.4 Å². The van der Waals surface area contributed by atoms with Gasteiger partial charge in [0.25, 0.3) is 0 Å². The number of nitrogens with zero attached hydrogens (tertiary/aromatic N) is 4. The molecular weight excluding hydrogens is 308 g/mol. The summed E-state index contributed by atoms with van der Waals surface area (Å²) in [6.07, 6.45) is 1.96. The lowest BCUT2D eigenvalue weighted by molar-refractivity contribution is 0.251. The number of nitrogens with one attached hydrogen (secondary N) is 2. The summed E-state index contributed by atoms with van der Waals surface area (Å²) in [5.74, 6) is 1.22. The van der Waals surface area contributed by atoms with Crippen LogP contribution in [0.1, 0.15) is 38.6 Å². The molecular formula is C16H22N6O2. The Morgan fingerprint density at radius 2 is 2.21 bits per heavy atom. The molecule has 0 fully saturated rings. The van der Waals surface area contributed by atoms with Gasteiger partial charge in [0.2, 0.25) is 0 Å². The summed E-state index contributed by atoms with van der Waals surface area (Å²) in [7, 11) is 0. The molecule has 24 heavy (non-hydrogen) atoms. The summed E-state index contributed by atoms with van der Waals surface area (Å²) in [6, 6.07) is 5.44. The van der Waals surface area contributed by atoms with Gasteiger partial charge in [0.15, 0.2) is 5.82 Å². The van der Waals surface area contributed by atoms with Crippen molar-refractivity contribution in [3.63, 3.8) is 0 Å². The van der Waals surface area contributed by atoms with Crippen LogP contribution in [0.15, 0.2) is 18.2 Å². The molecule has 0 aliphatic carbocycles. The Hall–Kier alpha value is -2.64. The lowest BCUT2D eigenvalue weighted by Crippen LogP contribution is -2.29. The number of tetrazole rings is 1. The van der Waals surface area contributed by atoms with Crippen LogP contribution in [-0.4, -0.2) is 32.8 Å². The number of urea groups is 1. The number of para-hydroxylation sites is 1. The zero-order chi connectivity index (χ0) is 17.2. The maximum atomic E-state index is 12.1. The number of ether oxygens (including phenoxy) is 1. The van der Waals surface area contributed by atoms with E-state index in [-0.39, 0.29) is 18.1 Å². The van der Waals surface area contributed by atoms with Crippen molar-refractivity contribution in [1.29, 1.82) is 0 Å². The molecule has 1 aromatic carbocycles. The fraction of sp³-hybridized carbons (Fsp3) is 0.500. The number of amides is 2. The number of carbonyl (C=O) groups is 1. The van der Waals surface area contributed by atoms with Crippen LogP contribution in [0.4, 0.5) is 10.5 Å². The Kier molecular flexibility index (Phi) is 4.37. The van der Waals surface area contributed by atoms with Crippen LogP contribution in [0.25, 0.3) is 0 Å². The first-order valence-corrected chi connectivity index (χ1v) is 8.02. The molecule has 0 atom stereocenters. The minimum absolute atomic E-state index is 0.206. The maximum Gasteiger partial charge on any atom is 0.319 e. The molecule has 1 aliphatic heterocycles. The minimum atomic E-state index is -0.329. The predicted molar refractivity (Wildman–Crippen MR) is 88.9 cm³/mol. The van der Waals surface area contributed by atoms with Crippen molar-refractivity contribution in [3.8, 4) is 5.75 Å². The number of hydrogen-bond acceptors (Lipinski definition) is 5. The quantitative estimate of drug-likeness (QED) is 0.898. The predicted octanol–water partition coefficient (Wildman–Crippen LogP) is 2.07. The Bertz CT molecular complexity index is 734. The topological polar surface area (TPSA) is 94.0 Å². The van der Waals surface area contributed by atoms with Crippen LogP contribution >= 0.6 is 0 Å². The van der Waals surface area contributed by atoms with Gasteiger partial charge in [0.05, 0.1) is 24.4 Å². The second-order valence-corrected chi connectivity index (χ2v) is 6.72. The van der Waals surface area contributed by atoms with Crippen molar-refractivity contribution in [2.75, 3.05) is 11.9 Å². The van der Waals surface area contributed by atoms with E-state index in [0.29, 0.717) is 18.1 Å². The van der Waals surface area contributed by atoms with Gasteiger partial charge in [0.1, 0.15) is 5.75 Å². The van der Waals surface area contributed by atoms with E-state index >= 15 is 0 Å². The summed E-state index contributed by atoms with van der Waals surface area (Å²) in [6.45, 7) is 6.83. The van der Waals surface area contributed by atoms with Gasteiger partial charge in [-0.2, -0.15) is 4.80 Å².